The van der Waals surface area contributed by atoms with Gasteiger partial charge in [0.25, 0.3) is 0 Å². The molecule has 0 bridgehead atoms. The molecule has 3 rings (SSSR count). The van der Waals surface area contributed by atoms with Crippen molar-refractivity contribution in [3.63, 3.8) is 0 Å². The Morgan fingerprint density at radius 2 is 2.11 bits per heavy atom. The lowest BCUT2D eigenvalue weighted by Gasteiger charge is -2.21. The number of benzene rings is 1. The number of aromatic nitrogens is 2. The van der Waals surface area contributed by atoms with Gasteiger partial charge < -0.3 is 4.52 Å². The maximum absolute atomic E-state index is 5.67. The number of aryl methyl sites for hydroxylation is 2. The molecule has 3 nitrogen and oxygen atoms in total. The van der Waals surface area contributed by atoms with Gasteiger partial charge in [-0.05, 0) is 30.4 Å². The molecule has 0 radical (unpaired) electrons. The molecule has 0 aliphatic heterocycles. The van der Waals surface area contributed by atoms with Crippen LogP contribution in [-0.4, -0.2) is 16.0 Å². The Labute approximate surface area is 111 Å². The summed E-state index contributed by atoms with van der Waals surface area (Å²) in [6.45, 7) is 0. The molecule has 94 valence electrons. The van der Waals surface area contributed by atoms with E-state index in [4.69, 9.17) is 16.1 Å². The summed E-state index contributed by atoms with van der Waals surface area (Å²) < 4.78 is 5.20. The molecule has 2 aromatic rings. The lowest BCUT2D eigenvalue weighted by atomic mass is 9.83. The number of hydrogen-bond acceptors (Lipinski definition) is 3. The van der Waals surface area contributed by atoms with E-state index in [0.717, 1.165) is 25.1 Å². The summed E-state index contributed by atoms with van der Waals surface area (Å²) in [4.78, 5) is 4.43. The van der Waals surface area contributed by atoms with Gasteiger partial charge in [0.05, 0.1) is 0 Å². The fourth-order valence-electron chi connectivity index (χ4n) is 2.53. The van der Waals surface area contributed by atoms with Gasteiger partial charge in [-0.1, -0.05) is 29.4 Å². The van der Waals surface area contributed by atoms with Gasteiger partial charge in [-0.15, -0.1) is 11.6 Å². The van der Waals surface area contributed by atoms with Crippen molar-refractivity contribution in [1.82, 2.24) is 10.1 Å². The summed E-state index contributed by atoms with van der Waals surface area (Å²) in [6.07, 6.45) is 3.85. The number of fused-ring (bicyclic) bond motifs is 1. The fraction of sp³-hybridized carbons (Fsp3) is 0.429. The molecular weight excluding hydrogens is 248 g/mol. The molecule has 1 aromatic heterocycles. The van der Waals surface area contributed by atoms with E-state index in [0.29, 0.717) is 24.1 Å². The van der Waals surface area contributed by atoms with Crippen molar-refractivity contribution in [2.24, 2.45) is 0 Å². The van der Waals surface area contributed by atoms with Gasteiger partial charge in [-0.2, -0.15) is 4.98 Å². The van der Waals surface area contributed by atoms with Gasteiger partial charge in [0, 0.05) is 18.2 Å². The normalized spacial score (nSPS) is 18.6. The lowest BCUT2D eigenvalue weighted by Crippen LogP contribution is -2.13. The summed E-state index contributed by atoms with van der Waals surface area (Å²) in [5.74, 6) is 2.39. The van der Waals surface area contributed by atoms with Crippen LogP contribution in [0.3, 0.4) is 0 Å². The Bertz CT molecular complexity index is 538. The Morgan fingerprint density at radius 1 is 1.28 bits per heavy atom. The molecule has 1 heterocycles. The van der Waals surface area contributed by atoms with Crippen LogP contribution in [0.1, 0.15) is 35.2 Å². The molecule has 0 N–H and O–H groups in total. The first-order chi connectivity index (χ1) is 8.86. The molecule has 1 aliphatic rings. The zero-order chi connectivity index (χ0) is 12.4. The summed E-state index contributed by atoms with van der Waals surface area (Å²) in [6, 6.07) is 8.60. The first-order valence-electron chi connectivity index (χ1n) is 6.32. The first-order valence-corrected chi connectivity index (χ1v) is 6.85. The molecule has 0 amide bonds. The van der Waals surface area contributed by atoms with E-state index < -0.39 is 0 Å². The Kier molecular flexibility index (Phi) is 3.33. The van der Waals surface area contributed by atoms with Crippen molar-refractivity contribution in [3.8, 4) is 0 Å². The zero-order valence-corrected chi connectivity index (χ0v) is 10.9. The number of rotatable bonds is 3. The highest BCUT2D eigenvalue weighted by atomic mass is 35.5. The second kappa shape index (κ2) is 5.11. The van der Waals surface area contributed by atoms with Crippen LogP contribution in [0.2, 0.25) is 0 Å². The lowest BCUT2D eigenvalue weighted by molar-refractivity contribution is 0.370. The minimum atomic E-state index is 0.382. The minimum absolute atomic E-state index is 0.382. The zero-order valence-electron chi connectivity index (χ0n) is 10.1. The van der Waals surface area contributed by atoms with Gasteiger partial charge in [-0.25, -0.2) is 0 Å². The van der Waals surface area contributed by atoms with E-state index in [1.165, 1.54) is 11.1 Å². The minimum Gasteiger partial charge on any atom is -0.339 e. The van der Waals surface area contributed by atoms with E-state index in [2.05, 4.69) is 34.4 Å². The maximum atomic E-state index is 5.67. The van der Waals surface area contributed by atoms with Gasteiger partial charge in [0.2, 0.25) is 5.89 Å². The molecule has 0 saturated heterocycles. The molecule has 1 unspecified atom stereocenters. The van der Waals surface area contributed by atoms with E-state index in [1.54, 1.807) is 0 Å². The predicted molar refractivity (Wildman–Crippen MR) is 69.9 cm³/mol. The molecule has 0 spiro atoms. The van der Waals surface area contributed by atoms with Crippen molar-refractivity contribution < 1.29 is 4.52 Å². The third-order valence-electron chi connectivity index (χ3n) is 3.50. The molecule has 0 fully saturated rings. The van der Waals surface area contributed by atoms with Crippen molar-refractivity contribution >= 4 is 11.6 Å². The second-order valence-electron chi connectivity index (χ2n) is 4.69. The Balaban J connectivity index is 1.78. The van der Waals surface area contributed by atoms with Crippen LogP contribution < -0.4 is 0 Å². The molecule has 18 heavy (non-hydrogen) atoms. The quantitative estimate of drug-likeness (QED) is 0.798. The standard InChI is InChI=1S/C14H15ClN2O/c15-8-7-13-16-14(17-18-13)12-6-5-10-3-1-2-4-11(10)9-12/h1-4,12H,5-9H2. The average Bonchev–Trinajstić information content (AvgIpc) is 2.87. The van der Waals surface area contributed by atoms with Crippen molar-refractivity contribution in [1.29, 1.82) is 0 Å². The monoisotopic (exact) mass is 262 g/mol. The number of nitrogens with zero attached hydrogens (tertiary/aromatic N) is 2. The third-order valence-corrected chi connectivity index (χ3v) is 3.69. The van der Waals surface area contributed by atoms with Crippen LogP contribution in [0.15, 0.2) is 28.8 Å². The predicted octanol–water partition coefficient (Wildman–Crippen LogP) is 3.12. The largest absolute Gasteiger partial charge is 0.339 e. The highest BCUT2D eigenvalue weighted by Gasteiger charge is 2.23. The average molecular weight is 263 g/mol. The molecule has 4 heteroatoms. The van der Waals surface area contributed by atoms with Gasteiger partial charge >= 0.3 is 0 Å². The van der Waals surface area contributed by atoms with Crippen LogP contribution in [0.4, 0.5) is 0 Å². The van der Waals surface area contributed by atoms with Gasteiger partial charge in [-0.3, -0.25) is 0 Å². The SMILES string of the molecule is ClCCc1nc(C2CCc3ccccc3C2)no1. The van der Waals surface area contributed by atoms with Crippen molar-refractivity contribution in [3.05, 3.63) is 47.1 Å². The van der Waals surface area contributed by atoms with Crippen LogP contribution >= 0.6 is 11.6 Å². The van der Waals surface area contributed by atoms with E-state index in [1.807, 2.05) is 0 Å². The van der Waals surface area contributed by atoms with Crippen LogP contribution in [0.25, 0.3) is 0 Å². The number of halogens is 1. The number of alkyl halides is 1. The van der Waals surface area contributed by atoms with Gasteiger partial charge in [0.1, 0.15) is 0 Å². The fourth-order valence-corrected chi connectivity index (χ4v) is 2.70. The van der Waals surface area contributed by atoms with E-state index >= 15 is 0 Å². The first kappa shape index (κ1) is 11.7. The van der Waals surface area contributed by atoms with Crippen LogP contribution in [0.5, 0.6) is 0 Å². The van der Waals surface area contributed by atoms with Crippen molar-refractivity contribution in [2.75, 3.05) is 5.88 Å². The Hall–Kier alpha value is -1.35. The highest BCUT2D eigenvalue weighted by molar-refractivity contribution is 6.17. The van der Waals surface area contributed by atoms with E-state index in [9.17, 15) is 0 Å². The van der Waals surface area contributed by atoms with Crippen LogP contribution in [0, 0.1) is 0 Å². The molecule has 0 saturated carbocycles. The van der Waals surface area contributed by atoms with Gasteiger partial charge in [0.15, 0.2) is 5.82 Å². The second-order valence-corrected chi connectivity index (χ2v) is 5.07. The number of hydrogen-bond donors (Lipinski definition) is 0. The van der Waals surface area contributed by atoms with Crippen LogP contribution in [-0.2, 0) is 19.3 Å². The smallest absolute Gasteiger partial charge is 0.227 e. The Morgan fingerprint density at radius 3 is 2.94 bits per heavy atom. The molecule has 1 atom stereocenters. The summed E-state index contributed by atoms with van der Waals surface area (Å²) in [7, 11) is 0. The van der Waals surface area contributed by atoms with E-state index in [-0.39, 0.29) is 0 Å². The summed E-state index contributed by atoms with van der Waals surface area (Å²) in [5, 5.41) is 4.09. The summed E-state index contributed by atoms with van der Waals surface area (Å²) in [5.41, 5.74) is 2.87. The van der Waals surface area contributed by atoms with Crippen molar-refractivity contribution in [2.45, 2.75) is 31.6 Å². The highest BCUT2D eigenvalue weighted by Crippen LogP contribution is 2.31. The molecule has 1 aliphatic carbocycles. The maximum Gasteiger partial charge on any atom is 0.227 e. The molecule has 1 aromatic carbocycles. The third kappa shape index (κ3) is 2.27. The topological polar surface area (TPSA) is 38.9 Å². The molecular formula is C14H15ClN2O. The summed E-state index contributed by atoms with van der Waals surface area (Å²) >= 11 is 5.67.